The summed E-state index contributed by atoms with van der Waals surface area (Å²) in [6.07, 6.45) is 0. The number of hydrogen-bond acceptors (Lipinski definition) is 7. The van der Waals surface area contributed by atoms with E-state index in [9.17, 15) is 14.4 Å². The smallest absolute Gasteiger partial charge is 0.340 e. The molecule has 2 aliphatic heterocycles. The topological polar surface area (TPSA) is 108 Å². The van der Waals surface area contributed by atoms with Gasteiger partial charge in [-0.2, -0.15) is 0 Å². The maximum absolute atomic E-state index is 13.5. The molecule has 1 aromatic carbocycles. The van der Waals surface area contributed by atoms with Gasteiger partial charge >= 0.3 is 11.9 Å². The first kappa shape index (κ1) is 19.0. The molecule has 8 nitrogen and oxygen atoms in total. The summed E-state index contributed by atoms with van der Waals surface area (Å²) in [7, 11) is 3.89. The Bertz CT molecular complexity index is 911. The summed E-state index contributed by atoms with van der Waals surface area (Å²) < 4.78 is 15.8. The first-order valence-electron chi connectivity index (χ1n) is 7.86. The van der Waals surface area contributed by atoms with Gasteiger partial charge in [0.2, 0.25) is 11.8 Å². The molecule has 27 heavy (non-hydrogen) atoms. The van der Waals surface area contributed by atoms with Gasteiger partial charge in [-0.15, -0.1) is 0 Å². The maximum Gasteiger partial charge on any atom is 0.340 e. The first-order chi connectivity index (χ1) is 12.7. The Kier molecular flexibility index (Phi) is 4.51. The van der Waals surface area contributed by atoms with E-state index < -0.39 is 23.3 Å². The van der Waals surface area contributed by atoms with Crippen LogP contribution in [0.5, 0.6) is 0 Å². The van der Waals surface area contributed by atoms with Gasteiger partial charge in [-0.25, -0.2) is 9.59 Å². The van der Waals surface area contributed by atoms with Gasteiger partial charge in [-0.3, -0.25) is 4.79 Å². The van der Waals surface area contributed by atoms with E-state index in [0.29, 0.717) is 15.7 Å². The van der Waals surface area contributed by atoms with Crippen LogP contribution in [0.3, 0.4) is 0 Å². The molecule has 1 spiro atoms. The molecule has 1 amide bonds. The molecule has 3 rings (SSSR count). The zero-order chi connectivity index (χ0) is 20.1. The number of rotatable bonds is 2. The summed E-state index contributed by atoms with van der Waals surface area (Å²) in [5.74, 6) is -2.46. The molecule has 0 fully saturated rings. The number of halogens is 1. The van der Waals surface area contributed by atoms with Gasteiger partial charge in [-0.1, -0.05) is 15.9 Å². The van der Waals surface area contributed by atoms with E-state index in [1.54, 1.807) is 25.2 Å². The number of nitrogens with two attached hydrogens (primary N) is 1. The molecule has 1 aromatic rings. The van der Waals surface area contributed by atoms with Crippen LogP contribution in [-0.4, -0.2) is 39.1 Å². The Balaban J connectivity index is 2.51. The fourth-order valence-corrected chi connectivity index (χ4v) is 4.02. The number of fused-ring (bicyclic) bond motifs is 2. The summed E-state index contributed by atoms with van der Waals surface area (Å²) >= 11 is 3.38. The van der Waals surface area contributed by atoms with Crippen LogP contribution in [0.1, 0.15) is 12.5 Å². The van der Waals surface area contributed by atoms with Crippen LogP contribution < -0.4 is 10.6 Å². The Morgan fingerprint density at radius 2 is 1.78 bits per heavy atom. The van der Waals surface area contributed by atoms with Crippen LogP contribution in [0.4, 0.5) is 5.69 Å². The predicted octanol–water partition coefficient (Wildman–Crippen LogP) is 1.48. The number of amides is 1. The summed E-state index contributed by atoms with van der Waals surface area (Å²) in [6, 6.07) is 5.12. The van der Waals surface area contributed by atoms with E-state index in [1.807, 2.05) is 0 Å². The lowest BCUT2D eigenvalue weighted by Gasteiger charge is -2.35. The molecule has 1 atom stereocenters. The second kappa shape index (κ2) is 6.41. The number of allylic oxidation sites excluding steroid dienone is 1. The van der Waals surface area contributed by atoms with Crippen molar-refractivity contribution in [2.45, 2.75) is 12.3 Å². The zero-order valence-electron chi connectivity index (χ0n) is 15.1. The molecule has 2 N–H and O–H groups in total. The van der Waals surface area contributed by atoms with E-state index in [-0.39, 0.29) is 22.8 Å². The molecule has 1 unspecified atom stereocenters. The number of hydrogen-bond donors (Lipinski definition) is 1. The minimum absolute atomic E-state index is 0.0709. The Morgan fingerprint density at radius 3 is 2.37 bits per heavy atom. The molecule has 0 saturated carbocycles. The minimum atomic E-state index is -1.83. The summed E-state index contributed by atoms with van der Waals surface area (Å²) in [4.78, 5) is 40.2. The summed E-state index contributed by atoms with van der Waals surface area (Å²) in [5, 5.41) is 0. The van der Waals surface area contributed by atoms with E-state index >= 15 is 0 Å². The lowest BCUT2D eigenvalue weighted by Crippen LogP contribution is -2.50. The van der Waals surface area contributed by atoms with Crippen molar-refractivity contribution in [2.24, 2.45) is 5.73 Å². The molecule has 2 aliphatic rings. The second-order valence-corrected chi connectivity index (χ2v) is 6.95. The highest BCUT2D eigenvalue weighted by molar-refractivity contribution is 9.10. The van der Waals surface area contributed by atoms with Crippen LogP contribution in [-0.2, 0) is 34.0 Å². The van der Waals surface area contributed by atoms with Crippen molar-refractivity contribution in [2.75, 3.05) is 26.2 Å². The average molecular weight is 437 g/mol. The van der Waals surface area contributed by atoms with Gasteiger partial charge < -0.3 is 24.8 Å². The molecule has 0 radical (unpaired) electrons. The molecule has 0 aromatic heterocycles. The highest BCUT2D eigenvalue weighted by Crippen LogP contribution is 2.54. The lowest BCUT2D eigenvalue weighted by molar-refractivity contribution is -0.141. The molecular formula is C18H17BrN2O6. The Hall–Kier alpha value is -2.81. The number of anilines is 1. The summed E-state index contributed by atoms with van der Waals surface area (Å²) in [5.41, 5.74) is 4.71. The average Bonchev–Trinajstić information content (AvgIpc) is 2.83. The molecule has 142 valence electrons. The van der Waals surface area contributed by atoms with Crippen molar-refractivity contribution < 1.29 is 28.6 Å². The standard InChI is InChI=1S/C18H17BrN2O6/c1-8-12(15(22)25-3)18(13(14(20)27-8)16(23)26-4)10-7-9(19)5-6-11(10)21(2)17(18)24/h5-7H,20H2,1-4H3. The van der Waals surface area contributed by atoms with E-state index in [2.05, 4.69) is 15.9 Å². The Labute approximate surface area is 163 Å². The second-order valence-electron chi connectivity index (χ2n) is 6.03. The number of nitrogens with zero attached hydrogens (tertiary/aromatic N) is 1. The molecule has 2 heterocycles. The van der Waals surface area contributed by atoms with Crippen molar-refractivity contribution in [3.8, 4) is 0 Å². The zero-order valence-corrected chi connectivity index (χ0v) is 16.7. The normalized spacial score (nSPS) is 21.4. The van der Waals surface area contributed by atoms with Crippen LogP contribution in [0.2, 0.25) is 0 Å². The molecule has 0 aliphatic carbocycles. The predicted molar refractivity (Wildman–Crippen MR) is 98.3 cm³/mol. The van der Waals surface area contributed by atoms with E-state index in [4.69, 9.17) is 19.9 Å². The van der Waals surface area contributed by atoms with Gasteiger partial charge in [0, 0.05) is 22.8 Å². The van der Waals surface area contributed by atoms with Gasteiger partial charge in [0.15, 0.2) is 0 Å². The van der Waals surface area contributed by atoms with E-state index in [1.165, 1.54) is 18.9 Å². The monoisotopic (exact) mass is 436 g/mol. The Morgan fingerprint density at radius 1 is 1.19 bits per heavy atom. The van der Waals surface area contributed by atoms with E-state index in [0.717, 1.165) is 7.11 Å². The van der Waals surface area contributed by atoms with Crippen LogP contribution in [0.25, 0.3) is 0 Å². The van der Waals surface area contributed by atoms with Crippen molar-refractivity contribution in [1.82, 2.24) is 0 Å². The number of esters is 2. The largest absolute Gasteiger partial charge is 0.466 e. The van der Waals surface area contributed by atoms with Crippen LogP contribution in [0.15, 0.2) is 45.5 Å². The molecule has 0 saturated heterocycles. The first-order valence-corrected chi connectivity index (χ1v) is 8.65. The molecule has 9 heteroatoms. The number of likely N-dealkylation sites (N-methyl/N-ethyl adjacent to an activating group) is 1. The van der Waals surface area contributed by atoms with Crippen molar-refractivity contribution in [3.63, 3.8) is 0 Å². The highest BCUT2D eigenvalue weighted by Gasteiger charge is 2.63. The highest BCUT2D eigenvalue weighted by atomic mass is 79.9. The lowest BCUT2D eigenvalue weighted by atomic mass is 9.67. The summed E-state index contributed by atoms with van der Waals surface area (Å²) in [6.45, 7) is 1.48. The third kappa shape index (κ3) is 2.38. The number of carbonyl (C=O) groups is 3. The SMILES string of the molecule is COC(=O)C1=C(C)OC(N)=C(C(=O)OC)C12C(=O)N(C)c1ccc(Br)cc12. The van der Waals surface area contributed by atoms with Gasteiger partial charge in [0.25, 0.3) is 0 Å². The fourth-order valence-electron chi connectivity index (χ4n) is 3.66. The number of ether oxygens (including phenoxy) is 3. The van der Waals surface area contributed by atoms with Crippen molar-refractivity contribution in [1.29, 1.82) is 0 Å². The maximum atomic E-state index is 13.5. The third-order valence-electron chi connectivity index (χ3n) is 4.74. The quantitative estimate of drug-likeness (QED) is 0.699. The number of benzene rings is 1. The van der Waals surface area contributed by atoms with Gasteiger partial charge in [0.1, 0.15) is 22.3 Å². The molecular weight excluding hydrogens is 420 g/mol. The van der Waals surface area contributed by atoms with Crippen molar-refractivity contribution in [3.05, 3.63) is 51.0 Å². The molecule has 0 bridgehead atoms. The fraction of sp³-hybridized carbons (Fsp3) is 0.278. The van der Waals surface area contributed by atoms with Gasteiger partial charge in [0.05, 0.1) is 14.2 Å². The third-order valence-corrected chi connectivity index (χ3v) is 5.23. The van der Waals surface area contributed by atoms with Gasteiger partial charge in [-0.05, 0) is 25.1 Å². The van der Waals surface area contributed by atoms with Crippen molar-refractivity contribution >= 4 is 39.5 Å². The number of carbonyl (C=O) groups excluding carboxylic acids is 3. The number of methoxy groups -OCH3 is 2. The van der Waals surface area contributed by atoms with Crippen LogP contribution in [0, 0.1) is 0 Å². The van der Waals surface area contributed by atoms with Crippen LogP contribution >= 0.6 is 15.9 Å². The minimum Gasteiger partial charge on any atom is -0.466 e.